The number of aromatic nitrogens is 3. The van der Waals surface area contributed by atoms with Gasteiger partial charge in [-0.05, 0) is 24.6 Å². The van der Waals surface area contributed by atoms with Gasteiger partial charge in [0.25, 0.3) is 11.5 Å². The number of carbonyl (C=O) groups excluding carboxylic acids is 1. The highest BCUT2D eigenvalue weighted by atomic mass is 16.5. The van der Waals surface area contributed by atoms with Gasteiger partial charge in [-0.15, -0.1) is 0 Å². The van der Waals surface area contributed by atoms with E-state index in [1.165, 1.54) is 0 Å². The lowest BCUT2D eigenvalue weighted by atomic mass is 10.0. The number of ether oxygens (including phenoxy) is 1. The van der Waals surface area contributed by atoms with Crippen molar-refractivity contribution in [3.05, 3.63) is 87.4 Å². The third kappa shape index (κ3) is 4.39. The second-order valence-corrected chi connectivity index (χ2v) is 8.62. The van der Waals surface area contributed by atoms with E-state index >= 15 is 0 Å². The van der Waals surface area contributed by atoms with Crippen LogP contribution in [-0.4, -0.2) is 57.4 Å². The standard InChI is InChI=1S/C25H27N5O3/c1-33-22-5-3-2-4-18(22)14-29-12-9-21-20(16-29)24(31)28-23(27-21)19-8-13-30(15-19)25(32)17-6-10-26-11-7-17/h2-7,10-11,19H,8-9,12-16H2,1H3,(H,27,28,31)/t19-/m0/s1. The summed E-state index contributed by atoms with van der Waals surface area (Å²) in [6.45, 7) is 3.33. The number of nitrogens with zero attached hydrogens (tertiary/aromatic N) is 4. The Bertz CT molecular complexity index is 1210. The number of amides is 1. The third-order valence-corrected chi connectivity index (χ3v) is 6.54. The number of hydrogen-bond acceptors (Lipinski definition) is 6. The normalized spacial score (nSPS) is 18.2. The SMILES string of the molecule is COc1ccccc1CN1CCc2nc([C@H]3CCN(C(=O)c4ccncc4)C3)[nH]c(=O)c2C1. The quantitative estimate of drug-likeness (QED) is 0.648. The van der Waals surface area contributed by atoms with Crippen LogP contribution in [0.1, 0.15) is 45.3 Å². The predicted molar refractivity (Wildman–Crippen MR) is 123 cm³/mol. The van der Waals surface area contributed by atoms with Gasteiger partial charge in [-0.25, -0.2) is 4.98 Å². The summed E-state index contributed by atoms with van der Waals surface area (Å²) in [5.41, 5.74) is 3.28. The molecule has 0 spiro atoms. The number of para-hydroxylation sites is 1. The Morgan fingerprint density at radius 1 is 1.18 bits per heavy atom. The van der Waals surface area contributed by atoms with Crippen LogP contribution < -0.4 is 10.3 Å². The highest BCUT2D eigenvalue weighted by Gasteiger charge is 2.31. The van der Waals surface area contributed by atoms with Crippen molar-refractivity contribution in [2.75, 3.05) is 26.7 Å². The number of aromatic amines is 1. The molecule has 0 bridgehead atoms. The van der Waals surface area contributed by atoms with Crippen molar-refractivity contribution < 1.29 is 9.53 Å². The molecule has 170 valence electrons. The van der Waals surface area contributed by atoms with Crippen molar-refractivity contribution in [3.8, 4) is 5.75 Å². The molecule has 3 aromatic rings. The van der Waals surface area contributed by atoms with E-state index in [0.29, 0.717) is 31.0 Å². The number of hydrogen-bond donors (Lipinski definition) is 1. The monoisotopic (exact) mass is 445 g/mol. The number of carbonyl (C=O) groups is 1. The van der Waals surface area contributed by atoms with Crippen LogP contribution in [0, 0.1) is 0 Å². The summed E-state index contributed by atoms with van der Waals surface area (Å²) in [7, 11) is 1.68. The zero-order valence-corrected chi connectivity index (χ0v) is 18.7. The zero-order chi connectivity index (χ0) is 22.8. The van der Waals surface area contributed by atoms with Crippen LogP contribution in [-0.2, 0) is 19.5 Å². The van der Waals surface area contributed by atoms with Gasteiger partial charge in [-0.3, -0.25) is 19.5 Å². The molecule has 2 aliphatic heterocycles. The molecule has 33 heavy (non-hydrogen) atoms. The number of benzene rings is 1. The zero-order valence-electron chi connectivity index (χ0n) is 18.7. The lowest BCUT2D eigenvalue weighted by molar-refractivity contribution is 0.0790. The van der Waals surface area contributed by atoms with Gasteiger partial charge in [0.05, 0.1) is 18.4 Å². The molecule has 0 saturated carbocycles. The molecule has 1 amide bonds. The predicted octanol–water partition coefficient (Wildman–Crippen LogP) is 2.36. The van der Waals surface area contributed by atoms with Gasteiger partial charge in [0.15, 0.2) is 0 Å². The Kier molecular flexibility index (Phi) is 5.92. The Balaban J connectivity index is 1.29. The number of pyridine rings is 1. The first-order chi connectivity index (χ1) is 16.1. The van der Waals surface area contributed by atoms with E-state index < -0.39 is 0 Å². The van der Waals surface area contributed by atoms with Gasteiger partial charge in [-0.1, -0.05) is 18.2 Å². The molecule has 2 aliphatic rings. The minimum atomic E-state index is -0.0707. The average Bonchev–Trinajstić information content (AvgIpc) is 3.35. The number of likely N-dealkylation sites (tertiary alicyclic amines) is 1. The van der Waals surface area contributed by atoms with E-state index in [4.69, 9.17) is 9.72 Å². The Labute approximate surface area is 192 Å². The maximum Gasteiger partial charge on any atom is 0.255 e. The van der Waals surface area contributed by atoms with Crippen molar-refractivity contribution in [1.82, 2.24) is 24.8 Å². The molecule has 1 saturated heterocycles. The van der Waals surface area contributed by atoms with Crippen LogP contribution in [0.4, 0.5) is 0 Å². The molecular formula is C25H27N5O3. The number of rotatable bonds is 5. The maximum absolute atomic E-state index is 13.0. The lowest BCUT2D eigenvalue weighted by Crippen LogP contribution is -2.36. The summed E-state index contributed by atoms with van der Waals surface area (Å²) in [6.07, 6.45) is 4.77. The van der Waals surface area contributed by atoms with Crippen LogP contribution in [0.15, 0.2) is 53.6 Å². The van der Waals surface area contributed by atoms with Gasteiger partial charge in [0, 0.05) is 68.6 Å². The van der Waals surface area contributed by atoms with E-state index in [1.807, 2.05) is 23.1 Å². The first kappa shape index (κ1) is 21.3. The summed E-state index contributed by atoms with van der Waals surface area (Å²) in [6, 6.07) is 11.4. The van der Waals surface area contributed by atoms with Crippen molar-refractivity contribution in [2.45, 2.75) is 31.8 Å². The van der Waals surface area contributed by atoms with E-state index in [0.717, 1.165) is 48.5 Å². The fraction of sp³-hybridized carbons (Fsp3) is 0.360. The fourth-order valence-electron chi connectivity index (χ4n) is 4.75. The van der Waals surface area contributed by atoms with Crippen molar-refractivity contribution in [3.63, 3.8) is 0 Å². The lowest BCUT2D eigenvalue weighted by Gasteiger charge is -2.28. The largest absolute Gasteiger partial charge is 0.496 e. The Morgan fingerprint density at radius 2 is 2.00 bits per heavy atom. The van der Waals surface area contributed by atoms with E-state index in [2.05, 4.69) is 20.9 Å². The summed E-state index contributed by atoms with van der Waals surface area (Å²) < 4.78 is 5.47. The molecule has 0 aliphatic carbocycles. The summed E-state index contributed by atoms with van der Waals surface area (Å²) in [5, 5.41) is 0. The van der Waals surface area contributed by atoms with E-state index in [9.17, 15) is 9.59 Å². The molecule has 0 radical (unpaired) electrons. The topological polar surface area (TPSA) is 91.4 Å². The molecular weight excluding hydrogens is 418 g/mol. The number of fused-ring (bicyclic) bond motifs is 1. The van der Waals surface area contributed by atoms with Crippen molar-refractivity contribution in [2.24, 2.45) is 0 Å². The highest BCUT2D eigenvalue weighted by Crippen LogP contribution is 2.27. The Morgan fingerprint density at radius 3 is 2.82 bits per heavy atom. The smallest absolute Gasteiger partial charge is 0.255 e. The van der Waals surface area contributed by atoms with Crippen LogP contribution >= 0.6 is 0 Å². The van der Waals surface area contributed by atoms with Gasteiger partial charge < -0.3 is 14.6 Å². The fourth-order valence-corrected chi connectivity index (χ4v) is 4.75. The molecule has 1 N–H and O–H groups in total. The molecule has 8 heteroatoms. The summed E-state index contributed by atoms with van der Waals surface area (Å²) in [4.78, 5) is 41.6. The summed E-state index contributed by atoms with van der Waals surface area (Å²) in [5.74, 6) is 1.59. The number of nitrogens with one attached hydrogen (secondary N) is 1. The number of methoxy groups -OCH3 is 1. The van der Waals surface area contributed by atoms with Crippen LogP contribution in [0.25, 0.3) is 0 Å². The second-order valence-electron chi connectivity index (χ2n) is 8.62. The Hall–Kier alpha value is -3.52. The maximum atomic E-state index is 13.0. The van der Waals surface area contributed by atoms with Crippen LogP contribution in [0.3, 0.4) is 0 Å². The highest BCUT2D eigenvalue weighted by molar-refractivity contribution is 5.94. The molecule has 4 heterocycles. The first-order valence-corrected chi connectivity index (χ1v) is 11.3. The summed E-state index contributed by atoms with van der Waals surface area (Å²) >= 11 is 0. The van der Waals surface area contributed by atoms with Crippen LogP contribution in [0.2, 0.25) is 0 Å². The molecule has 5 rings (SSSR count). The third-order valence-electron chi connectivity index (χ3n) is 6.54. The van der Waals surface area contributed by atoms with Gasteiger partial charge >= 0.3 is 0 Å². The van der Waals surface area contributed by atoms with Crippen molar-refractivity contribution in [1.29, 1.82) is 0 Å². The molecule has 0 unspecified atom stereocenters. The molecule has 1 aromatic carbocycles. The molecule has 2 aromatic heterocycles. The van der Waals surface area contributed by atoms with Crippen LogP contribution in [0.5, 0.6) is 5.75 Å². The molecule has 1 fully saturated rings. The van der Waals surface area contributed by atoms with Gasteiger partial charge in [0.2, 0.25) is 0 Å². The average molecular weight is 446 g/mol. The van der Waals surface area contributed by atoms with E-state index in [-0.39, 0.29) is 17.4 Å². The van der Waals surface area contributed by atoms with Crippen molar-refractivity contribution >= 4 is 5.91 Å². The van der Waals surface area contributed by atoms with Gasteiger partial charge in [-0.2, -0.15) is 0 Å². The first-order valence-electron chi connectivity index (χ1n) is 11.3. The minimum Gasteiger partial charge on any atom is -0.496 e. The molecule has 8 nitrogen and oxygen atoms in total. The van der Waals surface area contributed by atoms with E-state index in [1.54, 1.807) is 31.6 Å². The molecule has 1 atom stereocenters. The minimum absolute atomic E-state index is 0.00723. The number of H-pyrrole nitrogens is 1. The van der Waals surface area contributed by atoms with Gasteiger partial charge in [0.1, 0.15) is 11.6 Å². The second kappa shape index (κ2) is 9.15.